The van der Waals surface area contributed by atoms with Gasteiger partial charge in [0, 0.05) is 53.4 Å². The predicted molar refractivity (Wildman–Crippen MR) is 151 cm³/mol. The number of rotatable bonds is 7. The number of ketones is 1. The summed E-state index contributed by atoms with van der Waals surface area (Å²) in [6.45, 7) is 6.92. The lowest BCUT2D eigenvalue weighted by Gasteiger charge is -2.30. The third-order valence-corrected chi connectivity index (χ3v) is 7.61. The number of carbonyl (C=O) groups excluding carboxylic acids is 1. The van der Waals surface area contributed by atoms with Gasteiger partial charge in [0.05, 0.1) is 19.8 Å². The number of nitrogens with zero attached hydrogens (tertiary/aromatic N) is 2. The van der Waals surface area contributed by atoms with Crippen LogP contribution < -0.4 is 18.9 Å². The maximum Gasteiger partial charge on any atom is 0.231 e. The Kier molecular flexibility index (Phi) is 6.53. The average molecular weight is 525 g/mol. The normalized spacial score (nSPS) is 15.7. The number of benzene rings is 3. The van der Waals surface area contributed by atoms with Gasteiger partial charge in [0.25, 0.3) is 0 Å². The van der Waals surface area contributed by atoms with Crippen molar-refractivity contribution in [1.82, 2.24) is 9.47 Å². The van der Waals surface area contributed by atoms with Crippen molar-refractivity contribution in [3.05, 3.63) is 88.3 Å². The molecule has 6 rings (SSSR count). The zero-order chi connectivity index (χ0) is 27.1. The fourth-order valence-electron chi connectivity index (χ4n) is 5.56. The first-order valence-electron chi connectivity index (χ1n) is 13.2. The molecule has 0 radical (unpaired) electrons. The Bertz CT molecular complexity index is 1620. The summed E-state index contributed by atoms with van der Waals surface area (Å²) >= 11 is 0. The van der Waals surface area contributed by atoms with E-state index in [4.69, 9.17) is 18.9 Å². The summed E-state index contributed by atoms with van der Waals surface area (Å²) in [4.78, 5) is 15.7. The first kappa shape index (κ1) is 25.1. The van der Waals surface area contributed by atoms with Crippen LogP contribution in [0.25, 0.3) is 17.0 Å². The molecule has 0 saturated carbocycles. The number of hydrogen-bond acceptors (Lipinski definition) is 6. The van der Waals surface area contributed by atoms with Gasteiger partial charge in [-0.1, -0.05) is 24.3 Å². The highest BCUT2D eigenvalue weighted by atomic mass is 16.5. The van der Waals surface area contributed by atoms with Gasteiger partial charge in [-0.15, -0.1) is 0 Å². The van der Waals surface area contributed by atoms with Crippen LogP contribution in [0.3, 0.4) is 0 Å². The van der Waals surface area contributed by atoms with E-state index in [9.17, 15) is 4.79 Å². The van der Waals surface area contributed by atoms with E-state index in [-0.39, 0.29) is 5.78 Å². The number of para-hydroxylation sites is 1. The van der Waals surface area contributed by atoms with Gasteiger partial charge in [0.1, 0.15) is 18.2 Å². The van der Waals surface area contributed by atoms with Crippen molar-refractivity contribution in [2.75, 3.05) is 27.5 Å². The van der Waals surface area contributed by atoms with Gasteiger partial charge in [-0.2, -0.15) is 0 Å². The number of methoxy groups -OCH3 is 2. The molecule has 7 nitrogen and oxygen atoms in total. The lowest BCUT2D eigenvalue weighted by molar-refractivity contribution is 0.0953. The number of ether oxygens (including phenoxy) is 4. The van der Waals surface area contributed by atoms with Crippen LogP contribution in [-0.2, 0) is 19.5 Å². The molecule has 0 bridgehead atoms. The van der Waals surface area contributed by atoms with Crippen molar-refractivity contribution in [2.24, 2.45) is 0 Å². The summed E-state index contributed by atoms with van der Waals surface area (Å²) in [6.07, 6.45) is 4.78. The Labute approximate surface area is 228 Å². The van der Waals surface area contributed by atoms with Gasteiger partial charge in [0.2, 0.25) is 5.78 Å². The number of hydrogen-bond donors (Lipinski definition) is 0. The zero-order valence-corrected chi connectivity index (χ0v) is 22.7. The van der Waals surface area contributed by atoms with Crippen LogP contribution >= 0.6 is 0 Å². The highest BCUT2D eigenvalue weighted by Gasteiger charge is 2.33. The molecule has 2 aliphatic rings. The SMILES string of the molecule is CCn1cc(/C=C2\Oc3c(cc4c(c3C)OCN(CCc3ccc(OC)c(OC)c3)C4)C2=O)c2ccccc21. The van der Waals surface area contributed by atoms with E-state index in [0.717, 1.165) is 69.9 Å². The van der Waals surface area contributed by atoms with Crippen LogP contribution in [0.1, 0.15) is 39.5 Å². The molecule has 0 amide bonds. The minimum absolute atomic E-state index is 0.0910. The molecule has 0 N–H and O–H groups in total. The summed E-state index contributed by atoms with van der Waals surface area (Å²) in [5.74, 6) is 3.11. The zero-order valence-electron chi connectivity index (χ0n) is 22.7. The molecular weight excluding hydrogens is 492 g/mol. The van der Waals surface area contributed by atoms with Crippen LogP contribution in [0, 0.1) is 6.92 Å². The standard InChI is InChI=1S/C32H32N2O5/c1-5-34-18-22(24-8-6-7-9-26(24)34)16-29-30(35)25-15-23-17-33(19-38-31(23)20(2)32(25)39-29)13-12-21-10-11-27(36-3)28(14-21)37-4/h6-11,14-16,18H,5,12-13,17,19H2,1-4H3/b29-16-. The fourth-order valence-corrected chi connectivity index (χ4v) is 5.56. The third kappa shape index (κ3) is 4.42. The summed E-state index contributed by atoms with van der Waals surface area (Å²) < 4.78 is 25.3. The number of aromatic nitrogens is 1. The highest BCUT2D eigenvalue weighted by Crippen LogP contribution is 2.43. The Morgan fingerprint density at radius 2 is 1.85 bits per heavy atom. The van der Waals surface area contributed by atoms with Crippen molar-refractivity contribution >= 4 is 22.8 Å². The largest absolute Gasteiger partial charge is 0.493 e. The number of carbonyl (C=O) groups is 1. The molecule has 0 aliphatic carbocycles. The van der Waals surface area contributed by atoms with Crippen molar-refractivity contribution < 1.29 is 23.7 Å². The van der Waals surface area contributed by atoms with Crippen LogP contribution in [0.5, 0.6) is 23.0 Å². The second kappa shape index (κ2) is 10.2. The van der Waals surface area contributed by atoms with E-state index in [2.05, 4.69) is 40.8 Å². The predicted octanol–water partition coefficient (Wildman–Crippen LogP) is 6.00. The Hall–Kier alpha value is -4.23. The summed E-state index contributed by atoms with van der Waals surface area (Å²) in [6, 6.07) is 16.2. The lowest BCUT2D eigenvalue weighted by Crippen LogP contribution is -2.34. The van der Waals surface area contributed by atoms with Crippen molar-refractivity contribution in [1.29, 1.82) is 0 Å². The molecule has 4 aromatic rings. The fraction of sp³-hybridized carbons (Fsp3) is 0.281. The van der Waals surface area contributed by atoms with Crippen LogP contribution in [-0.4, -0.2) is 42.7 Å². The Balaban J connectivity index is 1.22. The summed E-state index contributed by atoms with van der Waals surface area (Å²) in [7, 11) is 3.28. The van der Waals surface area contributed by atoms with E-state index in [1.54, 1.807) is 14.2 Å². The second-order valence-electron chi connectivity index (χ2n) is 9.96. The van der Waals surface area contributed by atoms with Crippen molar-refractivity contribution in [3.63, 3.8) is 0 Å². The minimum Gasteiger partial charge on any atom is -0.493 e. The van der Waals surface area contributed by atoms with Gasteiger partial charge in [-0.05, 0) is 56.2 Å². The number of aryl methyl sites for hydroxylation is 1. The molecule has 2 aliphatic heterocycles. The molecule has 0 atom stereocenters. The van der Waals surface area contributed by atoms with E-state index < -0.39 is 0 Å². The number of allylic oxidation sites excluding steroid dienone is 1. The molecule has 0 spiro atoms. The highest BCUT2D eigenvalue weighted by molar-refractivity contribution is 6.15. The van der Waals surface area contributed by atoms with E-state index in [1.807, 2.05) is 43.3 Å². The molecule has 0 fully saturated rings. The van der Waals surface area contributed by atoms with Gasteiger partial charge in [-0.3, -0.25) is 9.69 Å². The number of fused-ring (bicyclic) bond motifs is 3. The monoisotopic (exact) mass is 524 g/mol. The summed E-state index contributed by atoms with van der Waals surface area (Å²) in [5.41, 5.74) is 5.75. The number of Topliss-reactive ketones (excluding diaryl/α,β-unsaturated/α-hetero) is 1. The maximum atomic E-state index is 13.5. The van der Waals surface area contributed by atoms with E-state index in [1.165, 1.54) is 0 Å². The quantitative estimate of drug-likeness (QED) is 0.277. The average Bonchev–Trinajstić information content (AvgIpc) is 3.49. The Morgan fingerprint density at radius 1 is 1.03 bits per heavy atom. The van der Waals surface area contributed by atoms with Crippen LogP contribution in [0.15, 0.2) is 60.5 Å². The smallest absolute Gasteiger partial charge is 0.231 e. The lowest BCUT2D eigenvalue weighted by atomic mass is 9.99. The van der Waals surface area contributed by atoms with Crippen LogP contribution in [0.2, 0.25) is 0 Å². The third-order valence-electron chi connectivity index (χ3n) is 7.61. The first-order chi connectivity index (χ1) is 19.0. The van der Waals surface area contributed by atoms with Crippen LogP contribution in [0.4, 0.5) is 0 Å². The van der Waals surface area contributed by atoms with Crippen molar-refractivity contribution in [3.8, 4) is 23.0 Å². The van der Waals surface area contributed by atoms with Gasteiger partial charge >= 0.3 is 0 Å². The molecule has 0 saturated heterocycles. The maximum absolute atomic E-state index is 13.5. The second-order valence-corrected chi connectivity index (χ2v) is 9.96. The molecule has 3 aromatic carbocycles. The van der Waals surface area contributed by atoms with Gasteiger partial charge in [0.15, 0.2) is 17.3 Å². The molecule has 7 heteroatoms. The molecule has 200 valence electrons. The van der Waals surface area contributed by atoms with Crippen molar-refractivity contribution in [2.45, 2.75) is 33.4 Å². The molecule has 3 heterocycles. The first-order valence-corrected chi connectivity index (χ1v) is 13.2. The Morgan fingerprint density at radius 3 is 2.64 bits per heavy atom. The molecule has 39 heavy (non-hydrogen) atoms. The molecular formula is C32H32N2O5. The van der Waals surface area contributed by atoms with E-state index in [0.29, 0.717) is 30.3 Å². The molecule has 1 aromatic heterocycles. The topological polar surface area (TPSA) is 62.2 Å². The van der Waals surface area contributed by atoms with E-state index >= 15 is 0 Å². The summed E-state index contributed by atoms with van der Waals surface area (Å²) in [5, 5.41) is 1.10. The van der Waals surface area contributed by atoms with Gasteiger partial charge < -0.3 is 23.5 Å². The van der Waals surface area contributed by atoms with Gasteiger partial charge in [-0.25, -0.2) is 0 Å². The molecule has 0 unspecified atom stereocenters. The minimum atomic E-state index is -0.0910.